The number of hydrogen-bond acceptors (Lipinski definition) is 4. The maximum atomic E-state index is 12.1. The van der Waals surface area contributed by atoms with Gasteiger partial charge in [0.05, 0.1) is 6.42 Å². The Balaban J connectivity index is 1.54. The van der Waals surface area contributed by atoms with Crippen LogP contribution in [0, 0.1) is 5.92 Å². The summed E-state index contributed by atoms with van der Waals surface area (Å²) in [5, 5.41) is 12.7. The molecular formula is C17H21N3OS. The van der Waals surface area contributed by atoms with Gasteiger partial charge in [0.2, 0.25) is 11.0 Å². The predicted octanol–water partition coefficient (Wildman–Crippen LogP) is 3.80. The molecule has 5 heteroatoms. The number of carbonyl (C=O) groups excluding carboxylic acids is 1. The molecule has 1 fully saturated rings. The molecule has 4 nitrogen and oxygen atoms in total. The monoisotopic (exact) mass is 315 g/mol. The van der Waals surface area contributed by atoms with Crippen molar-refractivity contribution in [1.29, 1.82) is 0 Å². The molecule has 1 saturated carbocycles. The summed E-state index contributed by atoms with van der Waals surface area (Å²) in [7, 11) is 0. The van der Waals surface area contributed by atoms with Gasteiger partial charge in [-0.05, 0) is 36.3 Å². The zero-order chi connectivity index (χ0) is 15.5. The van der Waals surface area contributed by atoms with E-state index in [2.05, 4.69) is 41.5 Å². The van der Waals surface area contributed by atoms with E-state index in [1.54, 1.807) is 0 Å². The van der Waals surface area contributed by atoms with Crippen LogP contribution in [0.25, 0.3) is 0 Å². The minimum absolute atomic E-state index is 0.0323. The lowest BCUT2D eigenvalue weighted by atomic mass is 10.0. The number of aromatic nitrogens is 2. The number of anilines is 1. The molecule has 0 bridgehead atoms. The average molecular weight is 315 g/mol. The third-order valence-electron chi connectivity index (χ3n) is 3.65. The smallest absolute Gasteiger partial charge is 0.230 e. The average Bonchev–Trinajstić information content (AvgIpc) is 3.21. The van der Waals surface area contributed by atoms with Crippen LogP contribution in [0.4, 0.5) is 5.13 Å². The van der Waals surface area contributed by atoms with Gasteiger partial charge in [0.15, 0.2) is 0 Å². The highest BCUT2D eigenvalue weighted by Crippen LogP contribution is 2.42. The Morgan fingerprint density at radius 3 is 2.55 bits per heavy atom. The fraction of sp³-hybridized carbons (Fsp3) is 0.471. The molecule has 1 aromatic carbocycles. The van der Waals surface area contributed by atoms with Crippen molar-refractivity contribution >= 4 is 22.4 Å². The van der Waals surface area contributed by atoms with Crippen LogP contribution in [0.15, 0.2) is 24.3 Å². The van der Waals surface area contributed by atoms with Crippen LogP contribution in [0.1, 0.15) is 48.7 Å². The van der Waals surface area contributed by atoms with Crippen molar-refractivity contribution in [2.75, 3.05) is 5.32 Å². The molecule has 1 heterocycles. The fourth-order valence-electron chi connectivity index (χ4n) is 2.39. The molecule has 116 valence electrons. The molecule has 1 aliphatic carbocycles. The number of amides is 1. The summed E-state index contributed by atoms with van der Waals surface area (Å²) in [6, 6.07) is 8.29. The summed E-state index contributed by atoms with van der Waals surface area (Å²) in [4.78, 5) is 12.1. The Kier molecular flexibility index (Phi) is 4.52. The molecule has 2 aromatic rings. The van der Waals surface area contributed by atoms with Gasteiger partial charge in [-0.25, -0.2) is 0 Å². The first-order valence-electron chi connectivity index (χ1n) is 7.81. The molecule has 1 N–H and O–H groups in total. The predicted molar refractivity (Wildman–Crippen MR) is 89.2 cm³/mol. The Hall–Kier alpha value is -1.75. The first kappa shape index (κ1) is 15.2. The SMILES string of the molecule is CC(C)Cc1ccc(CC(=O)Nc2nnc(C3CC3)s2)cc1. The zero-order valence-electron chi connectivity index (χ0n) is 13.0. The van der Waals surface area contributed by atoms with Gasteiger partial charge in [-0.1, -0.05) is 49.4 Å². The van der Waals surface area contributed by atoms with Gasteiger partial charge in [-0.3, -0.25) is 4.79 Å². The van der Waals surface area contributed by atoms with E-state index < -0.39 is 0 Å². The number of nitrogens with zero attached hydrogens (tertiary/aromatic N) is 2. The Bertz CT molecular complexity index is 644. The van der Waals surface area contributed by atoms with Gasteiger partial charge in [0.25, 0.3) is 0 Å². The minimum Gasteiger partial charge on any atom is -0.300 e. The van der Waals surface area contributed by atoms with E-state index in [4.69, 9.17) is 0 Å². The second-order valence-electron chi connectivity index (χ2n) is 6.36. The van der Waals surface area contributed by atoms with Crippen LogP contribution in [-0.4, -0.2) is 16.1 Å². The Morgan fingerprint density at radius 2 is 1.91 bits per heavy atom. The molecule has 1 amide bonds. The van der Waals surface area contributed by atoms with E-state index in [0.29, 0.717) is 23.4 Å². The number of carbonyl (C=O) groups is 1. The maximum absolute atomic E-state index is 12.1. The first-order chi connectivity index (χ1) is 10.6. The van der Waals surface area contributed by atoms with Crippen LogP contribution < -0.4 is 5.32 Å². The summed E-state index contributed by atoms with van der Waals surface area (Å²) in [5.74, 6) is 1.19. The second-order valence-corrected chi connectivity index (χ2v) is 7.37. The summed E-state index contributed by atoms with van der Waals surface area (Å²) < 4.78 is 0. The third-order valence-corrected chi connectivity index (χ3v) is 4.65. The number of hydrogen-bond donors (Lipinski definition) is 1. The van der Waals surface area contributed by atoms with Gasteiger partial charge in [-0.15, -0.1) is 10.2 Å². The molecule has 0 aliphatic heterocycles. The van der Waals surface area contributed by atoms with Crippen molar-refractivity contribution in [2.24, 2.45) is 5.92 Å². The highest BCUT2D eigenvalue weighted by molar-refractivity contribution is 7.15. The molecule has 1 aliphatic rings. The van der Waals surface area contributed by atoms with Crippen molar-refractivity contribution in [3.05, 3.63) is 40.4 Å². The van der Waals surface area contributed by atoms with E-state index in [1.807, 2.05) is 12.1 Å². The molecule has 3 rings (SSSR count). The third kappa shape index (κ3) is 4.13. The van der Waals surface area contributed by atoms with Crippen molar-refractivity contribution in [2.45, 2.75) is 45.4 Å². The lowest BCUT2D eigenvalue weighted by molar-refractivity contribution is -0.115. The van der Waals surface area contributed by atoms with E-state index in [1.165, 1.54) is 29.7 Å². The molecule has 0 radical (unpaired) electrons. The lowest BCUT2D eigenvalue weighted by Crippen LogP contribution is -2.14. The highest BCUT2D eigenvalue weighted by atomic mass is 32.1. The van der Waals surface area contributed by atoms with Gasteiger partial charge < -0.3 is 5.32 Å². The molecular weight excluding hydrogens is 294 g/mol. The van der Waals surface area contributed by atoms with Gasteiger partial charge in [-0.2, -0.15) is 0 Å². The molecule has 22 heavy (non-hydrogen) atoms. The van der Waals surface area contributed by atoms with Gasteiger partial charge >= 0.3 is 0 Å². The lowest BCUT2D eigenvalue weighted by Gasteiger charge is -2.06. The van der Waals surface area contributed by atoms with Gasteiger partial charge in [0, 0.05) is 5.92 Å². The normalized spacial score (nSPS) is 14.3. The summed E-state index contributed by atoms with van der Waals surface area (Å²) in [6.07, 6.45) is 3.85. The fourth-order valence-corrected chi connectivity index (χ4v) is 3.32. The van der Waals surface area contributed by atoms with Crippen molar-refractivity contribution in [1.82, 2.24) is 10.2 Å². The standard InChI is InChI=1S/C17H21N3OS/c1-11(2)9-12-3-5-13(6-4-12)10-15(21)18-17-20-19-16(22-17)14-7-8-14/h3-6,11,14H,7-10H2,1-2H3,(H,18,20,21). The van der Waals surface area contributed by atoms with Crippen LogP contribution in [0.5, 0.6) is 0 Å². The van der Waals surface area contributed by atoms with Crippen LogP contribution in [-0.2, 0) is 17.6 Å². The van der Waals surface area contributed by atoms with Crippen molar-refractivity contribution < 1.29 is 4.79 Å². The van der Waals surface area contributed by atoms with Crippen LogP contribution in [0.3, 0.4) is 0 Å². The van der Waals surface area contributed by atoms with Crippen LogP contribution in [0.2, 0.25) is 0 Å². The number of nitrogens with one attached hydrogen (secondary N) is 1. The molecule has 1 aromatic heterocycles. The maximum Gasteiger partial charge on any atom is 0.230 e. The highest BCUT2D eigenvalue weighted by Gasteiger charge is 2.27. The van der Waals surface area contributed by atoms with Crippen LogP contribution >= 0.6 is 11.3 Å². The summed E-state index contributed by atoms with van der Waals surface area (Å²) >= 11 is 1.50. The zero-order valence-corrected chi connectivity index (χ0v) is 13.8. The van der Waals surface area contributed by atoms with E-state index >= 15 is 0 Å². The van der Waals surface area contributed by atoms with E-state index in [0.717, 1.165) is 17.0 Å². The quantitative estimate of drug-likeness (QED) is 0.882. The molecule has 0 spiro atoms. The second kappa shape index (κ2) is 6.57. The molecule has 0 unspecified atom stereocenters. The topological polar surface area (TPSA) is 54.9 Å². The van der Waals surface area contributed by atoms with E-state index in [-0.39, 0.29) is 5.91 Å². The largest absolute Gasteiger partial charge is 0.300 e. The number of benzene rings is 1. The Morgan fingerprint density at radius 1 is 1.23 bits per heavy atom. The number of rotatable bonds is 6. The summed E-state index contributed by atoms with van der Waals surface area (Å²) in [6.45, 7) is 4.42. The van der Waals surface area contributed by atoms with E-state index in [9.17, 15) is 4.79 Å². The molecule has 0 saturated heterocycles. The molecule has 0 atom stereocenters. The van der Waals surface area contributed by atoms with Crippen molar-refractivity contribution in [3.8, 4) is 0 Å². The first-order valence-corrected chi connectivity index (χ1v) is 8.63. The van der Waals surface area contributed by atoms with Gasteiger partial charge in [0.1, 0.15) is 5.01 Å². The summed E-state index contributed by atoms with van der Waals surface area (Å²) in [5.41, 5.74) is 2.34. The Labute approximate surface area is 135 Å². The van der Waals surface area contributed by atoms with Crippen molar-refractivity contribution in [3.63, 3.8) is 0 Å². The minimum atomic E-state index is -0.0323.